The van der Waals surface area contributed by atoms with E-state index in [0.29, 0.717) is 12.8 Å². The van der Waals surface area contributed by atoms with Gasteiger partial charge in [-0.2, -0.15) is 0 Å². The zero-order chi connectivity index (χ0) is 49.2. The molecule has 0 aliphatic carbocycles. The number of aliphatic carboxylic acids is 1. The van der Waals surface area contributed by atoms with Gasteiger partial charge >= 0.3 is 19.8 Å². The van der Waals surface area contributed by atoms with Crippen molar-refractivity contribution in [1.82, 2.24) is 5.32 Å². The number of carboxylic acids is 1. The highest BCUT2D eigenvalue weighted by atomic mass is 31.2. The first-order valence-corrected chi connectivity index (χ1v) is 29.4. The Morgan fingerprint density at radius 2 is 0.821 bits per heavy atom. The van der Waals surface area contributed by atoms with Crippen LogP contribution in [-0.4, -0.2) is 64.9 Å². The first-order valence-electron chi connectivity index (χ1n) is 27.9. The number of hydrogen-bond acceptors (Lipinski definition) is 8. The van der Waals surface area contributed by atoms with Crippen LogP contribution in [0.25, 0.3) is 0 Å². The van der Waals surface area contributed by atoms with Crippen LogP contribution in [0.2, 0.25) is 0 Å². The molecule has 0 aromatic carbocycles. The summed E-state index contributed by atoms with van der Waals surface area (Å²) in [6.45, 7) is 2.63. The molecular formula is C55H104NO10P. The molecule has 394 valence electrons. The third-order valence-electron chi connectivity index (χ3n) is 12.5. The highest BCUT2D eigenvalue weighted by molar-refractivity contribution is 7.47. The topological polar surface area (TPSA) is 169 Å². The summed E-state index contributed by atoms with van der Waals surface area (Å²) < 4.78 is 27.0. The number of aliphatic hydroxyl groups excluding tert-OH is 1. The molecule has 0 radical (unpaired) electrons. The molecule has 0 fully saturated rings. The highest BCUT2D eigenvalue weighted by Crippen LogP contribution is 2.43. The van der Waals surface area contributed by atoms with Crippen LogP contribution in [0.4, 0.5) is 0 Å². The van der Waals surface area contributed by atoms with Gasteiger partial charge in [-0.3, -0.25) is 18.6 Å². The van der Waals surface area contributed by atoms with Crippen molar-refractivity contribution in [3.8, 4) is 0 Å². The zero-order valence-corrected chi connectivity index (χ0v) is 44.1. The minimum Gasteiger partial charge on any atom is -0.480 e. The average molecular weight is 970 g/mol. The molecule has 0 spiro atoms. The number of hydrogen-bond donors (Lipinski definition) is 4. The van der Waals surface area contributed by atoms with Crippen LogP contribution in [0.3, 0.4) is 0 Å². The Bertz CT molecular complexity index is 1230. The van der Waals surface area contributed by atoms with E-state index >= 15 is 0 Å². The number of rotatable bonds is 53. The van der Waals surface area contributed by atoms with Crippen molar-refractivity contribution < 1.29 is 47.8 Å². The van der Waals surface area contributed by atoms with E-state index in [2.05, 4.69) is 43.5 Å². The standard InChI is InChI=1S/C55H104NO10P/c1-3-5-7-9-11-13-15-17-19-21-23-25-27-28-30-32-34-36-38-40-42-44-46-53(58)56-52(55(60)61)50-66-67(62,63)65-49-51(57)48-64-54(59)47-45-43-41-39-37-35-33-31-29-26-24-22-20-18-16-14-12-10-8-6-4-2/h12,14,18,20,51-52,57H,3-11,13,15-17,19,21-50H2,1-2H3,(H,56,58)(H,60,61)(H,62,63)/b14-12-,20-18-. The molecule has 3 unspecified atom stereocenters. The van der Waals surface area contributed by atoms with E-state index in [9.17, 15) is 34.1 Å². The van der Waals surface area contributed by atoms with Crippen molar-refractivity contribution in [3.05, 3.63) is 24.3 Å². The van der Waals surface area contributed by atoms with E-state index in [0.717, 1.165) is 44.9 Å². The lowest BCUT2D eigenvalue weighted by molar-refractivity contribution is -0.147. The SMILES string of the molecule is CCCCC/C=C\C/C=C\CCCCCCCCCCCCCC(=O)OCC(O)COP(=O)(O)OCC(NC(=O)CCCCCCCCCCCCCCCCCCCCCCCC)C(=O)O. The Labute approximate surface area is 410 Å². The number of ether oxygens (including phenoxy) is 1. The smallest absolute Gasteiger partial charge is 0.472 e. The molecule has 0 rings (SSSR count). The minimum absolute atomic E-state index is 0.151. The van der Waals surface area contributed by atoms with Gasteiger partial charge < -0.3 is 25.2 Å². The molecule has 67 heavy (non-hydrogen) atoms. The Hall–Kier alpha value is -2.04. The summed E-state index contributed by atoms with van der Waals surface area (Å²) in [5.74, 6) is -2.35. The summed E-state index contributed by atoms with van der Waals surface area (Å²) >= 11 is 0. The summed E-state index contributed by atoms with van der Waals surface area (Å²) in [6.07, 6.45) is 56.3. The quantitative estimate of drug-likeness (QED) is 0.0199. The first kappa shape index (κ1) is 65.0. The second-order valence-electron chi connectivity index (χ2n) is 19.1. The van der Waals surface area contributed by atoms with Gasteiger partial charge in [-0.05, 0) is 44.9 Å². The number of esters is 1. The highest BCUT2D eigenvalue weighted by Gasteiger charge is 2.28. The molecule has 0 saturated carbocycles. The average Bonchev–Trinajstić information content (AvgIpc) is 3.31. The number of nitrogens with one attached hydrogen (secondary N) is 1. The molecule has 0 aromatic heterocycles. The maximum absolute atomic E-state index is 12.4. The lowest BCUT2D eigenvalue weighted by Crippen LogP contribution is -2.43. The van der Waals surface area contributed by atoms with Crippen LogP contribution in [0, 0.1) is 0 Å². The van der Waals surface area contributed by atoms with Crippen molar-refractivity contribution in [2.75, 3.05) is 19.8 Å². The number of unbranched alkanes of at least 4 members (excludes halogenated alkanes) is 35. The zero-order valence-electron chi connectivity index (χ0n) is 43.2. The molecule has 0 aliphatic rings. The van der Waals surface area contributed by atoms with Crippen molar-refractivity contribution in [2.45, 2.75) is 289 Å². The van der Waals surface area contributed by atoms with Gasteiger partial charge in [0, 0.05) is 12.8 Å². The van der Waals surface area contributed by atoms with Gasteiger partial charge in [-0.25, -0.2) is 9.36 Å². The van der Waals surface area contributed by atoms with E-state index in [1.54, 1.807) is 0 Å². The number of carbonyl (C=O) groups is 3. The normalized spacial score (nSPS) is 13.6. The Morgan fingerprint density at radius 1 is 0.478 bits per heavy atom. The van der Waals surface area contributed by atoms with Gasteiger partial charge in [0.15, 0.2) is 6.04 Å². The van der Waals surface area contributed by atoms with Crippen LogP contribution >= 0.6 is 7.82 Å². The van der Waals surface area contributed by atoms with Gasteiger partial charge in [0.1, 0.15) is 12.7 Å². The Kier molecular flexibility index (Phi) is 48.8. The number of phosphoric ester groups is 1. The van der Waals surface area contributed by atoms with Gasteiger partial charge in [0.05, 0.1) is 13.2 Å². The molecule has 4 N–H and O–H groups in total. The van der Waals surface area contributed by atoms with Crippen LogP contribution in [0.15, 0.2) is 24.3 Å². The third-order valence-corrected chi connectivity index (χ3v) is 13.4. The van der Waals surface area contributed by atoms with Gasteiger partial charge in [-0.15, -0.1) is 0 Å². The van der Waals surface area contributed by atoms with Crippen LogP contribution < -0.4 is 5.32 Å². The number of amides is 1. The molecule has 0 aliphatic heterocycles. The first-order chi connectivity index (χ1) is 32.6. The number of allylic oxidation sites excluding steroid dienone is 4. The van der Waals surface area contributed by atoms with Crippen LogP contribution in [0.1, 0.15) is 277 Å². The summed E-state index contributed by atoms with van der Waals surface area (Å²) in [5, 5.41) is 22.0. The molecule has 0 aromatic rings. The fourth-order valence-electron chi connectivity index (χ4n) is 8.17. The maximum atomic E-state index is 12.4. The monoisotopic (exact) mass is 970 g/mol. The second kappa shape index (κ2) is 50.4. The summed E-state index contributed by atoms with van der Waals surface area (Å²) in [7, 11) is -4.76. The molecular weight excluding hydrogens is 866 g/mol. The van der Waals surface area contributed by atoms with Crippen LogP contribution in [0.5, 0.6) is 0 Å². The van der Waals surface area contributed by atoms with Crippen molar-refractivity contribution in [3.63, 3.8) is 0 Å². The van der Waals surface area contributed by atoms with Crippen molar-refractivity contribution in [1.29, 1.82) is 0 Å². The summed E-state index contributed by atoms with van der Waals surface area (Å²) in [4.78, 5) is 46.2. The largest absolute Gasteiger partial charge is 0.480 e. The summed E-state index contributed by atoms with van der Waals surface area (Å²) in [6, 6.07) is -1.54. The fraction of sp³-hybridized carbons (Fsp3) is 0.873. The predicted molar refractivity (Wildman–Crippen MR) is 277 cm³/mol. The Balaban J connectivity index is 3.76. The number of carboxylic acid groups (broad SMARTS) is 1. The van der Waals surface area contributed by atoms with Gasteiger partial charge in [0.2, 0.25) is 5.91 Å². The maximum Gasteiger partial charge on any atom is 0.472 e. The van der Waals surface area contributed by atoms with E-state index in [4.69, 9.17) is 13.8 Å². The van der Waals surface area contributed by atoms with E-state index in [-0.39, 0.29) is 12.8 Å². The molecule has 3 atom stereocenters. The molecule has 11 nitrogen and oxygen atoms in total. The number of phosphoric acid groups is 1. The van der Waals surface area contributed by atoms with E-state index in [1.165, 1.54) is 193 Å². The molecule has 1 amide bonds. The third kappa shape index (κ3) is 50.2. The predicted octanol–water partition coefficient (Wildman–Crippen LogP) is 15.7. The van der Waals surface area contributed by atoms with E-state index < -0.39 is 57.6 Å². The minimum atomic E-state index is -4.76. The molecule has 0 saturated heterocycles. The van der Waals surface area contributed by atoms with Gasteiger partial charge in [-0.1, -0.05) is 244 Å². The Morgan fingerprint density at radius 3 is 1.24 bits per heavy atom. The van der Waals surface area contributed by atoms with Crippen molar-refractivity contribution in [2.24, 2.45) is 0 Å². The lowest BCUT2D eigenvalue weighted by atomic mass is 10.0. The molecule has 0 heterocycles. The van der Waals surface area contributed by atoms with Gasteiger partial charge in [0.25, 0.3) is 0 Å². The van der Waals surface area contributed by atoms with Crippen molar-refractivity contribution >= 4 is 25.7 Å². The summed E-state index contributed by atoms with van der Waals surface area (Å²) in [5.41, 5.74) is 0. The molecule has 12 heteroatoms. The molecule has 0 bridgehead atoms. The lowest BCUT2D eigenvalue weighted by Gasteiger charge is -2.18. The van der Waals surface area contributed by atoms with E-state index in [1.807, 2.05) is 0 Å². The number of aliphatic hydroxyl groups is 1. The van der Waals surface area contributed by atoms with Crippen LogP contribution in [-0.2, 0) is 32.7 Å². The fourth-order valence-corrected chi connectivity index (χ4v) is 8.95. The second-order valence-corrected chi connectivity index (χ2v) is 20.6. The number of carbonyl (C=O) groups excluding carboxylic acids is 2.